The summed E-state index contributed by atoms with van der Waals surface area (Å²) in [7, 11) is 0. The Hall–Kier alpha value is -0.160. The maximum absolute atomic E-state index is 9.21. The maximum Gasteiger partial charge on any atom is 0.0932 e. The Morgan fingerprint density at radius 3 is 2.83 bits per heavy atom. The van der Waals surface area contributed by atoms with Crippen molar-refractivity contribution in [2.75, 3.05) is 45.9 Å². The molecule has 0 aromatic heterocycles. The largest absolute Gasteiger partial charge is 0.394 e. The molecule has 2 rings (SSSR count). The summed E-state index contributed by atoms with van der Waals surface area (Å²) in [4.78, 5) is 2.49. The smallest absolute Gasteiger partial charge is 0.0932 e. The normalized spacial score (nSPS) is 28.7. The molecule has 0 aromatic carbocycles. The van der Waals surface area contributed by atoms with Gasteiger partial charge in [-0.1, -0.05) is 19.8 Å². The van der Waals surface area contributed by atoms with E-state index in [1.807, 2.05) is 0 Å². The van der Waals surface area contributed by atoms with Crippen LogP contribution < -0.4 is 5.32 Å². The Morgan fingerprint density at radius 2 is 2.17 bits per heavy atom. The molecule has 106 valence electrons. The lowest BCUT2D eigenvalue weighted by Gasteiger charge is -2.39. The fourth-order valence-corrected chi connectivity index (χ4v) is 3.41. The predicted molar refractivity (Wildman–Crippen MR) is 72.7 cm³/mol. The minimum Gasteiger partial charge on any atom is -0.394 e. The van der Waals surface area contributed by atoms with Gasteiger partial charge >= 0.3 is 0 Å². The highest BCUT2D eigenvalue weighted by Gasteiger charge is 2.36. The van der Waals surface area contributed by atoms with Gasteiger partial charge in [-0.3, -0.25) is 4.90 Å². The summed E-state index contributed by atoms with van der Waals surface area (Å²) in [6, 6.07) is 0. The fraction of sp³-hybridized carbons (Fsp3) is 1.00. The topological polar surface area (TPSA) is 44.7 Å². The molecule has 0 aromatic rings. The number of hydrogen-bond donors (Lipinski definition) is 2. The van der Waals surface area contributed by atoms with Gasteiger partial charge in [-0.15, -0.1) is 0 Å². The van der Waals surface area contributed by atoms with Crippen molar-refractivity contribution < 1.29 is 9.84 Å². The molecule has 0 bridgehead atoms. The van der Waals surface area contributed by atoms with Crippen molar-refractivity contribution in [1.29, 1.82) is 0 Å². The number of nitrogens with one attached hydrogen (secondary N) is 1. The highest BCUT2D eigenvalue weighted by Crippen LogP contribution is 2.38. The van der Waals surface area contributed by atoms with Crippen molar-refractivity contribution in [2.24, 2.45) is 5.41 Å². The summed E-state index contributed by atoms with van der Waals surface area (Å²) in [6.07, 6.45) is 5.47. The Kier molecular flexibility index (Phi) is 5.42. The van der Waals surface area contributed by atoms with Crippen LogP contribution in [0.25, 0.3) is 0 Å². The SMILES string of the molecule is CCNCC1(CN2CCOC(CO)C2)CCCC1. The van der Waals surface area contributed by atoms with Crippen LogP contribution in [0.1, 0.15) is 32.6 Å². The van der Waals surface area contributed by atoms with Crippen LogP contribution in [-0.4, -0.2) is 62.0 Å². The van der Waals surface area contributed by atoms with E-state index >= 15 is 0 Å². The second-order valence-corrected chi connectivity index (χ2v) is 5.90. The summed E-state index contributed by atoms with van der Waals surface area (Å²) >= 11 is 0. The second kappa shape index (κ2) is 6.85. The molecule has 0 amide bonds. The zero-order valence-electron chi connectivity index (χ0n) is 11.7. The Balaban J connectivity index is 1.87. The van der Waals surface area contributed by atoms with Gasteiger partial charge in [-0.2, -0.15) is 0 Å². The van der Waals surface area contributed by atoms with E-state index in [0.29, 0.717) is 5.41 Å². The molecular formula is C14H28N2O2. The number of morpholine rings is 1. The van der Waals surface area contributed by atoms with Crippen molar-refractivity contribution in [2.45, 2.75) is 38.7 Å². The Morgan fingerprint density at radius 1 is 1.39 bits per heavy atom. The zero-order valence-corrected chi connectivity index (χ0v) is 11.7. The van der Waals surface area contributed by atoms with Crippen molar-refractivity contribution >= 4 is 0 Å². The van der Waals surface area contributed by atoms with Gasteiger partial charge in [0.1, 0.15) is 0 Å². The van der Waals surface area contributed by atoms with Crippen LogP contribution in [0.15, 0.2) is 0 Å². The molecule has 2 N–H and O–H groups in total. The average Bonchev–Trinajstić information content (AvgIpc) is 2.85. The van der Waals surface area contributed by atoms with E-state index in [0.717, 1.165) is 32.8 Å². The minimum absolute atomic E-state index is 0.0244. The van der Waals surface area contributed by atoms with Crippen LogP contribution in [0.2, 0.25) is 0 Å². The van der Waals surface area contributed by atoms with Crippen molar-refractivity contribution in [3.63, 3.8) is 0 Å². The number of rotatable bonds is 6. The van der Waals surface area contributed by atoms with Crippen LogP contribution in [-0.2, 0) is 4.74 Å². The van der Waals surface area contributed by atoms with Crippen LogP contribution in [0, 0.1) is 5.41 Å². The number of ether oxygens (including phenoxy) is 1. The van der Waals surface area contributed by atoms with Gasteiger partial charge in [0.05, 0.1) is 19.3 Å². The monoisotopic (exact) mass is 256 g/mol. The summed E-state index contributed by atoms with van der Waals surface area (Å²) in [5, 5.41) is 12.7. The average molecular weight is 256 g/mol. The van der Waals surface area contributed by atoms with Crippen molar-refractivity contribution in [3.8, 4) is 0 Å². The van der Waals surface area contributed by atoms with Gasteiger partial charge in [0, 0.05) is 26.2 Å². The van der Waals surface area contributed by atoms with Crippen LogP contribution in [0.3, 0.4) is 0 Å². The number of aliphatic hydroxyl groups excluding tert-OH is 1. The summed E-state index contributed by atoms with van der Waals surface area (Å²) < 4.78 is 5.53. The lowest BCUT2D eigenvalue weighted by molar-refractivity contribution is -0.0622. The lowest BCUT2D eigenvalue weighted by Crippen LogP contribution is -2.50. The first-order valence-corrected chi connectivity index (χ1v) is 7.43. The van der Waals surface area contributed by atoms with Gasteiger partial charge in [-0.25, -0.2) is 0 Å². The van der Waals surface area contributed by atoms with E-state index in [9.17, 15) is 5.11 Å². The summed E-state index contributed by atoms with van der Waals surface area (Å²) in [5.41, 5.74) is 0.466. The van der Waals surface area contributed by atoms with Gasteiger partial charge in [-0.05, 0) is 24.8 Å². The van der Waals surface area contributed by atoms with E-state index in [1.165, 1.54) is 32.2 Å². The standard InChI is InChI=1S/C14H28N2O2/c1-2-15-11-14(5-3-4-6-14)12-16-7-8-18-13(9-16)10-17/h13,15,17H,2-12H2,1H3. The van der Waals surface area contributed by atoms with E-state index < -0.39 is 0 Å². The predicted octanol–water partition coefficient (Wildman–Crippen LogP) is 0.849. The molecule has 0 spiro atoms. The molecule has 2 fully saturated rings. The first-order valence-electron chi connectivity index (χ1n) is 7.43. The fourth-order valence-electron chi connectivity index (χ4n) is 3.41. The van der Waals surface area contributed by atoms with Gasteiger partial charge in [0.2, 0.25) is 0 Å². The molecule has 1 heterocycles. The van der Waals surface area contributed by atoms with Crippen molar-refractivity contribution in [1.82, 2.24) is 10.2 Å². The van der Waals surface area contributed by atoms with E-state index in [4.69, 9.17) is 4.74 Å². The summed E-state index contributed by atoms with van der Waals surface area (Å²) in [6.45, 7) is 8.38. The third-order valence-corrected chi connectivity index (χ3v) is 4.40. The van der Waals surface area contributed by atoms with Crippen molar-refractivity contribution in [3.05, 3.63) is 0 Å². The Bertz CT molecular complexity index is 242. The number of hydrogen-bond acceptors (Lipinski definition) is 4. The maximum atomic E-state index is 9.21. The lowest BCUT2D eigenvalue weighted by atomic mass is 9.85. The minimum atomic E-state index is 0.0244. The van der Waals surface area contributed by atoms with Crippen LogP contribution in [0.4, 0.5) is 0 Å². The zero-order chi connectivity index (χ0) is 12.8. The molecule has 1 saturated carbocycles. The number of aliphatic hydroxyl groups is 1. The van der Waals surface area contributed by atoms with Gasteiger partial charge < -0.3 is 15.2 Å². The van der Waals surface area contributed by atoms with Gasteiger partial charge in [0.25, 0.3) is 0 Å². The van der Waals surface area contributed by atoms with Gasteiger partial charge in [0.15, 0.2) is 0 Å². The van der Waals surface area contributed by atoms with E-state index in [1.54, 1.807) is 0 Å². The molecule has 4 nitrogen and oxygen atoms in total. The first-order chi connectivity index (χ1) is 8.78. The third-order valence-electron chi connectivity index (χ3n) is 4.40. The second-order valence-electron chi connectivity index (χ2n) is 5.90. The highest BCUT2D eigenvalue weighted by atomic mass is 16.5. The molecule has 1 saturated heterocycles. The molecule has 1 atom stereocenters. The first kappa shape index (κ1) is 14.3. The third kappa shape index (κ3) is 3.67. The summed E-state index contributed by atoms with van der Waals surface area (Å²) in [5.74, 6) is 0. The van der Waals surface area contributed by atoms with Crippen LogP contribution in [0.5, 0.6) is 0 Å². The molecule has 1 unspecified atom stereocenters. The van der Waals surface area contributed by atoms with E-state index in [2.05, 4.69) is 17.1 Å². The molecular weight excluding hydrogens is 228 g/mol. The molecule has 18 heavy (non-hydrogen) atoms. The molecule has 2 aliphatic rings. The van der Waals surface area contributed by atoms with Crippen LogP contribution >= 0.6 is 0 Å². The quantitative estimate of drug-likeness (QED) is 0.739. The highest BCUT2D eigenvalue weighted by molar-refractivity contribution is 4.90. The van der Waals surface area contributed by atoms with E-state index in [-0.39, 0.29) is 12.7 Å². The molecule has 0 radical (unpaired) electrons. The number of nitrogens with zero attached hydrogens (tertiary/aromatic N) is 1. The molecule has 1 aliphatic carbocycles. The molecule has 4 heteroatoms. The molecule has 1 aliphatic heterocycles. The Labute approximate surface area is 111 Å².